The molecule has 2 rings (SSSR count). The highest BCUT2D eigenvalue weighted by molar-refractivity contribution is 7.88. The van der Waals surface area contributed by atoms with E-state index < -0.39 is 15.9 Å². The summed E-state index contributed by atoms with van der Waals surface area (Å²) in [6.45, 7) is 6.84. The predicted molar refractivity (Wildman–Crippen MR) is 116 cm³/mol. The number of sulfonamides is 1. The third-order valence-electron chi connectivity index (χ3n) is 4.27. The zero-order valence-corrected chi connectivity index (χ0v) is 19.8. The Morgan fingerprint density at radius 1 is 1.34 bits per heavy atom. The van der Waals surface area contributed by atoms with Gasteiger partial charge in [-0.05, 0) is 23.6 Å². The van der Waals surface area contributed by atoms with Gasteiger partial charge in [0.15, 0.2) is 4.80 Å². The first-order valence-electron chi connectivity index (χ1n) is 8.87. The quantitative estimate of drug-likeness (QED) is 0.664. The fraction of sp³-hybridized carbons (Fsp3) is 0.474. The number of benzene rings is 1. The molecule has 1 heterocycles. The smallest absolute Gasteiger partial charge is 0.283 e. The Balaban J connectivity index is 2.48. The average molecular weight is 460 g/mol. The van der Waals surface area contributed by atoms with Gasteiger partial charge in [0.2, 0.25) is 10.0 Å². The number of hydrogen-bond acceptors (Lipinski definition) is 5. The molecule has 29 heavy (non-hydrogen) atoms. The van der Waals surface area contributed by atoms with Gasteiger partial charge in [0.25, 0.3) is 5.91 Å². The SMILES string of the molecule is COc1ccc(Cl)cc1C(=O)/N=c1\sc(C(C)(C)C)cn1CCN(C)S(C)(=O)=O. The summed E-state index contributed by atoms with van der Waals surface area (Å²) in [6, 6.07) is 4.78. The Bertz CT molecular complexity index is 1070. The summed E-state index contributed by atoms with van der Waals surface area (Å²) in [5.41, 5.74) is 0.130. The lowest BCUT2D eigenvalue weighted by molar-refractivity contribution is 0.0994. The molecular weight excluding hydrogens is 434 g/mol. The summed E-state index contributed by atoms with van der Waals surface area (Å²) < 4.78 is 31.7. The Morgan fingerprint density at radius 3 is 2.55 bits per heavy atom. The lowest BCUT2D eigenvalue weighted by atomic mass is 9.95. The maximum absolute atomic E-state index is 12.8. The summed E-state index contributed by atoms with van der Waals surface area (Å²) >= 11 is 7.43. The number of nitrogens with zero attached hydrogens (tertiary/aromatic N) is 3. The molecule has 0 aliphatic carbocycles. The fourth-order valence-corrected chi connectivity index (χ4v) is 4.04. The molecule has 1 aromatic heterocycles. The van der Waals surface area contributed by atoms with Crippen molar-refractivity contribution in [2.45, 2.75) is 32.7 Å². The summed E-state index contributed by atoms with van der Waals surface area (Å²) in [7, 11) is -0.297. The van der Waals surface area contributed by atoms with Gasteiger partial charge >= 0.3 is 0 Å². The third kappa shape index (κ3) is 6.15. The van der Waals surface area contributed by atoms with Crippen LogP contribution in [-0.4, -0.2) is 50.2 Å². The lowest BCUT2D eigenvalue weighted by Gasteiger charge is -2.15. The van der Waals surface area contributed by atoms with Gasteiger partial charge in [-0.15, -0.1) is 11.3 Å². The van der Waals surface area contributed by atoms with E-state index in [2.05, 4.69) is 25.8 Å². The van der Waals surface area contributed by atoms with Crippen molar-refractivity contribution < 1.29 is 17.9 Å². The highest BCUT2D eigenvalue weighted by Gasteiger charge is 2.20. The van der Waals surface area contributed by atoms with Crippen LogP contribution in [0.15, 0.2) is 29.4 Å². The molecule has 160 valence electrons. The van der Waals surface area contributed by atoms with Crippen LogP contribution in [0.25, 0.3) is 0 Å². The summed E-state index contributed by atoms with van der Waals surface area (Å²) in [6.07, 6.45) is 3.08. The molecule has 1 aromatic carbocycles. The minimum absolute atomic E-state index is 0.139. The molecule has 0 aliphatic heterocycles. The number of rotatable bonds is 6. The normalized spacial score (nSPS) is 13.2. The van der Waals surface area contributed by atoms with Crippen molar-refractivity contribution in [1.82, 2.24) is 8.87 Å². The monoisotopic (exact) mass is 459 g/mol. The molecule has 0 aliphatic rings. The van der Waals surface area contributed by atoms with Gasteiger partial charge in [0.05, 0.1) is 18.9 Å². The van der Waals surface area contributed by atoms with E-state index in [1.165, 1.54) is 35.9 Å². The van der Waals surface area contributed by atoms with Crippen LogP contribution in [0.4, 0.5) is 0 Å². The number of carbonyl (C=O) groups is 1. The maximum Gasteiger partial charge on any atom is 0.283 e. The fourth-order valence-electron chi connectivity index (χ4n) is 2.38. The topological polar surface area (TPSA) is 81.0 Å². The van der Waals surface area contributed by atoms with Gasteiger partial charge in [0.1, 0.15) is 5.75 Å². The zero-order chi connectivity index (χ0) is 22.0. The summed E-state index contributed by atoms with van der Waals surface area (Å²) in [5.74, 6) is -0.0870. The molecule has 0 atom stereocenters. The molecule has 0 fully saturated rings. The number of hydrogen-bond donors (Lipinski definition) is 0. The molecular formula is C19H26ClN3O4S2. The van der Waals surface area contributed by atoms with E-state index >= 15 is 0 Å². The first-order valence-corrected chi connectivity index (χ1v) is 11.9. The molecule has 0 saturated heterocycles. The van der Waals surface area contributed by atoms with Gasteiger partial charge in [-0.25, -0.2) is 12.7 Å². The summed E-state index contributed by atoms with van der Waals surface area (Å²) in [4.78, 5) is 18.6. The molecule has 0 spiro atoms. The molecule has 0 N–H and O–H groups in total. The van der Waals surface area contributed by atoms with Crippen molar-refractivity contribution >= 4 is 38.9 Å². The van der Waals surface area contributed by atoms with Gasteiger partial charge in [-0.3, -0.25) is 4.79 Å². The largest absolute Gasteiger partial charge is 0.496 e. The number of carbonyl (C=O) groups excluding carboxylic acids is 1. The number of methoxy groups -OCH3 is 1. The number of amides is 1. The number of likely N-dealkylation sites (N-methyl/N-ethyl adjacent to an activating group) is 1. The zero-order valence-electron chi connectivity index (χ0n) is 17.4. The molecule has 0 saturated carbocycles. The maximum atomic E-state index is 12.8. The molecule has 10 heteroatoms. The van der Waals surface area contributed by atoms with Gasteiger partial charge in [-0.2, -0.15) is 4.99 Å². The Hall–Kier alpha value is -1.68. The average Bonchev–Trinajstić information content (AvgIpc) is 3.01. The van der Waals surface area contributed by atoms with Crippen molar-refractivity contribution in [3.63, 3.8) is 0 Å². The third-order valence-corrected chi connectivity index (χ3v) is 7.27. The Labute approximate surface area is 180 Å². The van der Waals surface area contributed by atoms with Crippen molar-refractivity contribution in [2.75, 3.05) is 27.0 Å². The second-order valence-corrected chi connectivity index (χ2v) is 11.2. The minimum Gasteiger partial charge on any atom is -0.496 e. The van der Waals surface area contributed by atoms with E-state index in [4.69, 9.17) is 16.3 Å². The van der Waals surface area contributed by atoms with E-state index in [0.29, 0.717) is 22.1 Å². The highest BCUT2D eigenvalue weighted by Crippen LogP contribution is 2.25. The number of ether oxygens (including phenoxy) is 1. The van der Waals surface area contributed by atoms with Crippen molar-refractivity contribution in [2.24, 2.45) is 4.99 Å². The number of aromatic nitrogens is 1. The predicted octanol–water partition coefficient (Wildman–Crippen LogP) is 3.14. The van der Waals surface area contributed by atoms with Crippen molar-refractivity contribution in [1.29, 1.82) is 0 Å². The van der Waals surface area contributed by atoms with E-state index in [1.54, 1.807) is 12.1 Å². The van der Waals surface area contributed by atoms with E-state index in [0.717, 1.165) is 11.1 Å². The van der Waals surface area contributed by atoms with Crippen LogP contribution in [0, 0.1) is 0 Å². The summed E-state index contributed by atoms with van der Waals surface area (Å²) in [5, 5.41) is 0.411. The van der Waals surface area contributed by atoms with Crippen LogP contribution in [-0.2, 0) is 22.0 Å². The standard InChI is InChI=1S/C19H26ClN3O4S2/c1-19(2,3)16-12-23(10-9-22(4)29(6,25)26)18(28-16)21-17(24)14-11-13(20)7-8-15(14)27-5/h7-8,11-12H,9-10H2,1-6H3/b21-18-. The first-order chi connectivity index (χ1) is 13.3. The molecule has 7 nitrogen and oxygen atoms in total. The van der Waals surface area contributed by atoms with E-state index in [1.807, 2.05) is 10.8 Å². The molecule has 1 amide bonds. The second-order valence-electron chi connectivity index (χ2n) is 7.67. The number of halogens is 1. The Morgan fingerprint density at radius 2 is 2.00 bits per heavy atom. The van der Waals surface area contributed by atoms with Gasteiger partial charge < -0.3 is 9.30 Å². The van der Waals surface area contributed by atoms with Crippen molar-refractivity contribution in [3.8, 4) is 5.75 Å². The van der Waals surface area contributed by atoms with Gasteiger partial charge in [0, 0.05) is 36.2 Å². The first kappa shape index (κ1) is 23.6. The van der Waals surface area contributed by atoms with Crippen LogP contribution in [0.3, 0.4) is 0 Å². The van der Waals surface area contributed by atoms with E-state index in [9.17, 15) is 13.2 Å². The second kappa shape index (κ2) is 8.99. The lowest BCUT2D eigenvalue weighted by Crippen LogP contribution is -2.31. The Kier molecular flexibility index (Phi) is 7.32. The number of thiazole rings is 1. The highest BCUT2D eigenvalue weighted by atomic mass is 35.5. The molecule has 0 radical (unpaired) electrons. The van der Waals surface area contributed by atoms with Crippen LogP contribution in [0.5, 0.6) is 5.75 Å². The molecule has 0 bridgehead atoms. The molecule has 2 aromatic rings. The minimum atomic E-state index is -3.29. The van der Waals surface area contributed by atoms with Crippen LogP contribution in [0.1, 0.15) is 36.0 Å². The molecule has 0 unspecified atom stereocenters. The van der Waals surface area contributed by atoms with Crippen LogP contribution < -0.4 is 9.54 Å². The van der Waals surface area contributed by atoms with Crippen LogP contribution >= 0.6 is 22.9 Å². The van der Waals surface area contributed by atoms with Crippen molar-refractivity contribution in [3.05, 3.63) is 44.7 Å². The van der Waals surface area contributed by atoms with Crippen LogP contribution in [0.2, 0.25) is 5.02 Å². The van der Waals surface area contributed by atoms with Gasteiger partial charge in [-0.1, -0.05) is 32.4 Å². The van der Waals surface area contributed by atoms with E-state index in [-0.39, 0.29) is 17.5 Å².